The van der Waals surface area contributed by atoms with Crippen LogP contribution in [0.15, 0.2) is 24.3 Å². The van der Waals surface area contributed by atoms with Crippen LogP contribution in [0.4, 0.5) is 0 Å². The lowest BCUT2D eigenvalue weighted by Gasteiger charge is -2.43. The summed E-state index contributed by atoms with van der Waals surface area (Å²) in [4.78, 5) is 0. The molecule has 0 radical (unpaired) electrons. The van der Waals surface area contributed by atoms with Gasteiger partial charge in [-0.2, -0.15) is 0 Å². The quantitative estimate of drug-likeness (QED) is 0.900. The minimum absolute atomic E-state index is 0. The van der Waals surface area contributed by atoms with E-state index in [9.17, 15) is 0 Å². The zero-order chi connectivity index (χ0) is 15.6. The van der Waals surface area contributed by atoms with Gasteiger partial charge in [-0.3, -0.25) is 0 Å². The molecule has 2 unspecified atom stereocenters. The predicted molar refractivity (Wildman–Crippen MR) is 99.7 cm³/mol. The summed E-state index contributed by atoms with van der Waals surface area (Å²) in [5.74, 6) is 2.10. The lowest BCUT2D eigenvalue weighted by molar-refractivity contribution is 0.131. The van der Waals surface area contributed by atoms with Gasteiger partial charge in [0.1, 0.15) is 0 Å². The van der Waals surface area contributed by atoms with Crippen molar-refractivity contribution >= 4 is 0 Å². The van der Waals surface area contributed by atoms with Crippen molar-refractivity contribution in [2.75, 3.05) is 0 Å². The predicted octanol–water partition coefficient (Wildman–Crippen LogP) is 3.63. The number of hydrogen-bond donors (Lipinski definition) is 1. The Bertz CT molecular complexity index is 453. The summed E-state index contributed by atoms with van der Waals surface area (Å²) in [6.45, 7) is 11.6. The molecular formula is C20H37NO2. The largest absolute Gasteiger partial charge is 0.412 e. The highest BCUT2D eigenvalue weighted by molar-refractivity contribution is 5.26. The summed E-state index contributed by atoms with van der Waals surface area (Å²) >= 11 is 0. The van der Waals surface area contributed by atoms with Crippen molar-refractivity contribution < 1.29 is 11.0 Å². The molecule has 0 aliphatic heterocycles. The van der Waals surface area contributed by atoms with Crippen LogP contribution < -0.4 is 5.73 Å². The van der Waals surface area contributed by atoms with Crippen LogP contribution in [0.5, 0.6) is 0 Å². The second-order valence-electron chi connectivity index (χ2n) is 8.24. The number of hydrogen-bond acceptors (Lipinski definition) is 1. The Kier molecular flexibility index (Phi) is 8.47. The third kappa shape index (κ3) is 5.59. The molecule has 0 spiro atoms. The molecule has 134 valence electrons. The van der Waals surface area contributed by atoms with Crippen molar-refractivity contribution in [3.05, 3.63) is 35.4 Å². The van der Waals surface area contributed by atoms with Crippen molar-refractivity contribution in [3.8, 4) is 0 Å². The van der Waals surface area contributed by atoms with Crippen molar-refractivity contribution in [2.45, 2.75) is 72.3 Å². The fourth-order valence-corrected chi connectivity index (χ4v) is 4.06. The van der Waals surface area contributed by atoms with Gasteiger partial charge in [0.25, 0.3) is 0 Å². The molecule has 0 aromatic heterocycles. The Morgan fingerprint density at radius 3 is 2.13 bits per heavy atom. The molecule has 3 atom stereocenters. The summed E-state index contributed by atoms with van der Waals surface area (Å²) in [6, 6.07) is 9.55. The van der Waals surface area contributed by atoms with Gasteiger partial charge in [0.05, 0.1) is 0 Å². The van der Waals surface area contributed by atoms with Crippen molar-refractivity contribution in [3.63, 3.8) is 0 Å². The smallest absolute Gasteiger partial charge is 0.00645 e. The number of nitrogens with two attached hydrogens (primary N) is 1. The van der Waals surface area contributed by atoms with Crippen molar-refractivity contribution in [2.24, 2.45) is 23.0 Å². The summed E-state index contributed by atoms with van der Waals surface area (Å²) in [5, 5.41) is 0. The van der Waals surface area contributed by atoms with Crippen LogP contribution in [0.25, 0.3) is 0 Å². The monoisotopic (exact) mass is 323 g/mol. The molecule has 6 N–H and O–H groups in total. The highest BCUT2D eigenvalue weighted by Gasteiger charge is 2.37. The third-order valence-corrected chi connectivity index (χ3v) is 5.56. The van der Waals surface area contributed by atoms with Crippen LogP contribution in [-0.2, 0) is 0 Å². The van der Waals surface area contributed by atoms with E-state index in [0.717, 1.165) is 5.92 Å². The van der Waals surface area contributed by atoms with E-state index in [1.54, 1.807) is 0 Å². The van der Waals surface area contributed by atoms with E-state index in [1.165, 1.54) is 36.8 Å². The zero-order valence-electron chi connectivity index (χ0n) is 15.5. The molecule has 1 aromatic rings. The van der Waals surface area contributed by atoms with Gasteiger partial charge in [-0.1, -0.05) is 57.5 Å². The van der Waals surface area contributed by atoms with E-state index < -0.39 is 0 Å². The molecule has 0 saturated heterocycles. The number of benzene rings is 1. The number of rotatable bonds is 4. The van der Waals surface area contributed by atoms with Crippen LogP contribution in [-0.4, -0.2) is 17.0 Å². The van der Waals surface area contributed by atoms with Crippen LogP contribution >= 0.6 is 0 Å². The first-order valence-electron chi connectivity index (χ1n) is 8.61. The molecule has 23 heavy (non-hydrogen) atoms. The van der Waals surface area contributed by atoms with Crippen LogP contribution in [0.2, 0.25) is 0 Å². The standard InChI is InChI=1S/C20H33N.2H2O/c1-14(2)19(21)12-16-8-11-18(20(4,5)13-16)17-9-6-15(3)7-10-17;;/h6-7,9-10,14,16,18-19H,8,11-13,21H2,1-5H3;2*1H2/t16?,18?,19-;;/m0../s1. The topological polar surface area (TPSA) is 89.0 Å². The normalized spacial score (nSPS) is 24.5. The maximum atomic E-state index is 6.30. The SMILES string of the molecule is Cc1ccc(C2CCC(C[C@H](N)C(C)C)CC2(C)C)cc1.O.O. The molecule has 3 heteroatoms. The first-order chi connectivity index (χ1) is 9.79. The number of aryl methyl sites for hydroxylation is 1. The van der Waals surface area contributed by atoms with E-state index in [4.69, 9.17) is 5.73 Å². The zero-order valence-corrected chi connectivity index (χ0v) is 15.5. The van der Waals surface area contributed by atoms with Gasteiger partial charge in [0.15, 0.2) is 0 Å². The lowest BCUT2D eigenvalue weighted by Crippen LogP contribution is -2.35. The molecule has 0 amide bonds. The molecule has 0 heterocycles. The van der Waals surface area contributed by atoms with E-state index in [0.29, 0.717) is 23.3 Å². The summed E-state index contributed by atoms with van der Waals surface area (Å²) < 4.78 is 0. The molecular weight excluding hydrogens is 286 g/mol. The Morgan fingerprint density at radius 1 is 1.09 bits per heavy atom. The third-order valence-electron chi connectivity index (χ3n) is 5.56. The van der Waals surface area contributed by atoms with E-state index in [2.05, 4.69) is 58.9 Å². The van der Waals surface area contributed by atoms with Gasteiger partial charge in [0.2, 0.25) is 0 Å². The first kappa shape index (κ1) is 22.1. The average molecular weight is 324 g/mol. The van der Waals surface area contributed by atoms with E-state index >= 15 is 0 Å². The summed E-state index contributed by atoms with van der Waals surface area (Å²) in [7, 11) is 0. The molecule has 0 bridgehead atoms. The highest BCUT2D eigenvalue weighted by Crippen LogP contribution is 2.49. The van der Waals surface area contributed by atoms with Gasteiger partial charge >= 0.3 is 0 Å². The highest BCUT2D eigenvalue weighted by atomic mass is 16.0. The summed E-state index contributed by atoms with van der Waals surface area (Å²) in [5.41, 5.74) is 9.56. The average Bonchev–Trinajstić information content (AvgIpc) is 2.39. The Labute approximate surface area is 142 Å². The van der Waals surface area contributed by atoms with Crippen LogP contribution in [0, 0.1) is 24.2 Å². The minimum atomic E-state index is 0. The van der Waals surface area contributed by atoms with Gasteiger partial charge in [0, 0.05) is 6.04 Å². The molecule has 1 aliphatic rings. The minimum Gasteiger partial charge on any atom is -0.412 e. The van der Waals surface area contributed by atoms with Gasteiger partial charge in [-0.25, -0.2) is 0 Å². The Hall–Kier alpha value is -0.900. The fraction of sp³-hybridized carbons (Fsp3) is 0.700. The van der Waals surface area contributed by atoms with Gasteiger partial charge in [-0.05, 0) is 61.3 Å². The van der Waals surface area contributed by atoms with Crippen LogP contribution in [0.1, 0.15) is 70.4 Å². The lowest BCUT2D eigenvalue weighted by atomic mass is 9.62. The van der Waals surface area contributed by atoms with Crippen LogP contribution in [0.3, 0.4) is 0 Å². The second kappa shape index (κ2) is 8.81. The first-order valence-corrected chi connectivity index (χ1v) is 8.61. The second-order valence-corrected chi connectivity index (χ2v) is 8.24. The van der Waals surface area contributed by atoms with E-state index in [-0.39, 0.29) is 11.0 Å². The molecule has 1 aromatic carbocycles. The van der Waals surface area contributed by atoms with Crippen molar-refractivity contribution in [1.29, 1.82) is 0 Å². The molecule has 1 fully saturated rings. The molecule has 3 nitrogen and oxygen atoms in total. The molecule has 1 aliphatic carbocycles. The maximum Gasteiger partial charge on any atom is 0.00645 e. The molecule has 1 saturated carbocycles. The Morgan fingerprint density at radius 2 is 1.65 bits per heavy atom. The van der Waals surface area contributed by atoms with Gasteiger partial charge in [-0.15, -0.1) is 0 Å². The maximum absolute atomic E-state index is 6.30. The summed E-state index contributed by atoms with van der Waals surface area (Å²) in [6.07, 6.45) is 5.15. The molecule has 2 rings (SSSR count). The fourth-order valence-electron chi connectivity index (χ4n) is 4.06. The van der Waals surface area contributed by atoms with E-state index in [1.807, 2.05) is 0 Å². The Balaban J connectivity index is 0.00000242. The van der Waals surface area contributed by atoms with Crippen molar-refractivity contribution in [1.82, 2.24) is 0 Å². The van der Waals surface area contributed by atoms with Gasteiger partial charge < -0.3 is 16.7 Å².